The summed E-state index contributed by atoms with van der Waals surface area (Å²) in [6.07, 6.45) is 1.68. The minimum absolute atomic E-state index is 0.126. The summed E-state index contributed by atoms with van der Waals surface area (Å²) in [6, 6.07) is 17.8. The number of benzene rings is 2. The first kappa shape index (κ1) is 19.2. The lowest BCUT2D eigenvalue weighted by Gasteiger charge is -2.06. The van der Waals surface area contributed by atoms with Crippen molar-refractivity contribution in [3.8, 4) is 16.8 Å². The topological polar surface area (TPSA) is 76.5 Å². The molecule has 0 aliphatic carbocycles. The van der Waals surface area contributed by atoms with Crippen molar-refractivity contribution in [3.63, 3.8) is 0 Å². The van der Waals surface area contributed by atoms with Crippen LogP contribution in [0.5, 0.6) is 0 Å². The minimum atomic E-state index is -0.126. The number of hydrogen-bond acceptors (Lipinski definition) is 6. The standard InChI is InChI=1S/C21H14BrN5OS2/c22-14-8-6-13(7-9-14)16-10-29-20-18(16)19(28)24-17(25-20)11-30-21-26-23-12-27(21)15-4-2-1-3-5-15/h1-10,12H,11H2,(H,24,25,28). The first-order chi connectivity index (χ1) is 14.7. The van der Waals surface area contributed by atoms with Crippen molar-refractivity contribution in [2.75, 3.05) is 0 Å². The molecule has 3 heterocycles. The van der Waals surface area contributed by atoms with Crippen molar-refractivity contribution in [1.82, 2.24) is 24.7 Å². The number of halogens is 1. The predicted molar refractivity (Wildman–Crippen MR) is 124 cm³/mol. The largest absolute Gasteiger partial charge is 0.309 e. The molecule has 5 rings (SSSR count). The van der Waals surface area contributed by atoms with E-state index < -0.39 is 0 Å². The highest BCUT2D eigenvalue weighted by molar-refractivity contribution is 9.10. The number of aromatic nitrogens is 5. The molecular weight excluding hydrogens is 482 g/mol. The van der Waals surface area contributed by atoms with Crippen LogP contribution in [0.2, 0.25) is 0 Å². The van der Waals surface area contributed by atoms with Crippen molar-refractivity contribution in [3.05, 3.63) is 87.0 Å². The Morgan fingerprint density at radius 3 is 2.70 bits per heavy atom. The van der Waals surface area contributed by atoms with Gasteiger partial charge in [0.05, 0.1) is 11.1 Å². The van der Waals surface area contributed by atoms with E-state index in [0.717, 1.165) is 31.3 Å². The molecule has 0 saturated heterocycles. The van der Waals surface area contributed by atoms with Crippen LogP contribution in [0.25, 0.3) is 27.0 Å². The van der Waals surface area contributed by atoms with Gasteiger partial charge in [0.25, 0.3) is 5.56 Å². The zero-order valence-electron chi connectivity index (χ0n) is 15.4. The van der Waals surface area contributed by atoms with Crippen LogP contribution < -0.4 is 5.56 Å². The average Bonchev–Trinajstić information content (AvgIpc) is 3.41. The van der Waals surface area contributed by atoms with Gasteiger partial charge in [0, 0.05) is 21.1 Å². The Morgan fingerprint density at radius 2 is 1.90 bits per heavy atom. The van der Waals surface area contributed by atoms with E-state index in [4.69, 9.17) is 0 Å². The van der Waals surface area contributed by atoms with Crippen LogP contribution in [0.15, 0.2) is 80.7 Å². The Bertz CT molecular complexity index is 1380. The highest BCUT2D eigenvalue weighted by Gasteiger charge is 2.14. The normalized spacial score (nSPS) is 11.2. The van der Waals surface area contributed by atoms with Gasteiger partial charge in [-0.2, -0.15) is 0 Å². The molecule has 0 atom stereocenters. The van der Waals surface area contributed by atoms with Gasteiger partial charge in [-0.1, -0.05) is 58.0 Å². The number of hydrogen-bond donors (Lipinski definition) is 1. The quantitative estimate of drug-likeness (QED) is 0.335. The lowest BCUT2D eigenvalue weighted by molar-refractivity contribution is 0.881. The van der Waals surface area contributed by atoms with Crippen LogP contribution >= 0.6 is 39.0 Å². The molecule has 0 unspecified atom stereocenters. The Balaban J connectivity index is 1.43. The first-order valence-electron chi connectivity index (χ1n) is 9.03. The Kier molecular flexibility index (Phi) is 5.24. The molecule has 0 spiro atoms. The van der Waals surface area contributed by atoms with Crippen LogP contribution in [0.4, 0.5) is 0 Å². The van der Waals surface area contributed by atoms with E-state index in [9.17, 15) is 4.79 Å². The van der Waals surface area contributed by atoms with Gasteiger partial charge in [0.15, 0.2) is 5.16 Å². The SMILES string of the molecule is O=c1[nH]c(CSc2nncn2-c2ccccc2)nc2scc(-c3ccc(Br)cc3)c12. The van der Waals surface area contributed by atoms with Gasteiger partial charge in [0.1, 0.15) is 17.0 Å². The summed E-state index contributed by atoms with van der Waals surface area (Å²) in [5.74, 6) is 1.10. The van der Waals surface area contributed by atoms with Crippen LogP contribution in [0.3, 0.4) is 0 Å². The second-order valence-corrected chi connectivity index (χ2v) is 9.17. The monoisotopic (exact) mass is 495 g/mol. The number of thiophene rings is 1. The number of fused-ring (bicyclic) bond motifs is 1. The second kappa shape index (κ2) is 8.17. The third kappa shape index (κ3) is 3.71. The van der Waals surface area contributed by atoms with Gasteiger partial charge >= 0.3 is 0 Å². The summed E-state index contributed by atoms with van der Waals surface area (Å²) in [4.78, 5) is 21.2. The zero-order valence-corrected chi connectivity index (χ0v) is 18.7. The molecule has 0 amide bonds. The van der Waals surface area contributed by atoms with Crippen LogP contribution in [-0.2, 0) is 5.75 Å². The Labute approximate surface area is 188 Å². The van der Waals surface area contributed by atoms with E-state index in [1.807, 2.05) is 64.5 Å². The molecule has 9 heteroatoms. The highest BCUT2D eigenvalue weighted by atomic mass is 79.9. The number of nitrogens with one attached hydrogen (secondary N) is 1. The molecule has 1 N–H and O–H groups in total. The predicted octanol–water partition coefficient (Wildman–Crippen LogP) is 5.29. The first-order valence-corrected chi connectivity index (χ1v) is 11.7. The average molecular weight is 496 g/mol. The van der Waals surface area contributed by atoms with E-state index in [2.05, 4.69) is 36.1 Å². The number of aromatic amines is 1. The fraction of sp³-hybridized carbons (Fsp3) is 0.0476. The van der Waals surface area contributed by atoms with Crippen molar-refractivity contribution >= 4 is 49.2 Å². The summed E-state index contributed by atoms with van der Waals surface area (Å²) in [5.41, 5.74) is 2.76. The third-order valence-electron chi connectivity index (χ3n) is 4.54. The molecule has 0 radical (unpaired) electrons. The molecule has 0 aliphatic rings. The maximum atomic E-state index is 12.8. The van der Waals surface area contributed by atoms with E-state index in [0.29, 0.717) is 17.0 Å². The number of para-hydroxylation sites is 1. The molecule has 148 valence electrons. The fourth-order valence-corrected chi connectivity index (χ4v) is 5.16. The molecule has 0 saturated carbocycles. The summed E-state index contributed by atoms with van der Waals surface area (Å²) in [6.45, 7) is 0. The lowest BCUT2D eigenvalue weighted by atomic mass is 10.1. The van der Waals surface area contributed by atoms with Crippen LogP contribution in [-0.4, -0.2) is 24.7 Å². The molecule has 0 aliphatic heterocycles. The lowest BCUT2D eigenvalue weighted by Crippen LogP contribution is -2.11. The molecule has 2 aromatic carbocycles. The summed E-state index contributed by atoms with van der Waals surface area (Å²) < 4.78 is 2.92. The summed E-state index contributed by atoms with van der Waals surface area (Å²) in [5, 5.41) is 11.6. The molecule has 30 heavy (non-hydrogen) atoms. The molecular formula is C21H14BrN5OS2. The highest BCUT2D eigenvalue weighted by Crippen LogP contribution is 2.32. The molecule has 0 bridgehead atoms. The van der Waals surface area contributed by atoms with Gasteiger partial charge in [-0.3, -0.25) is 9.36 Å². The summed E-state index contributed by atoms with van der Waals surface area (Å²) in [7, 11) is 0. The van der Waals surface area contributed by atoms with Crippen molar-refractivity contribution in [2.45, 2.75) is 10.9 Å². The molecule has 6 nitrogen and oxygen atoms in total. The van der Waals surface area contributed by atoms with Crippen molar-refractivity contribution in [2.24, 2.45) is 0 Å². The molecule has 3 aromatic heterocycles. The third-order valence-corrected chi connectivity index (χ3v) is 6.89. The fourth-order valence-electron chi connectivity index (χ4n) is 3.13. The van der Waals surface area contributed by atoms with Crippen LogP contribution in [0.1, 0.15) is 5.82 Å². The van der Waals surface area contributed by atoms with Crippen LogP contribution in [0, 0.1) is 0 Å². The van der Waals surface area contributed by atoms with Gasteiger partial charge in [-0.15, -0.1) is 21.5 Å². The van der Waals surface area contributed by atoms with E-state index in [1.165, 1.54) is 23.1 Å². The van der Waals surface area contributed by atoms with E-state index in [-0.39, 0.29) is 5.56 Å². The number of rotatable bonds is 5. The molecule has 5 aromatic rings. The van der Waals surface area contributed by atoms with E-state index in [1.54, 1.807) is 6.33 Å². The minimum Gasteiger partial charge on any atom is -0.309 e. The second-order valence-electron chi connectivity index (χ2n) is 6.46. The zero-order chi connectivity index (χ0) is 20.5. The summed E-state index contributed by atoms with van der Waals surface area (Å²) >= 11 is 6.40. The van der Waals surface area contributed by atoms with E-state index >= 15 is 0 Å². The molecule has 0 fully saturated rings. The number of H-pyrrole nitrogens is 1. The Morgan fingerprint density at radius 1 is 1.10 bits per heavy atom. The number of nitrogens with zero attached hydrogens (tertiary/aromatic N) is 4. The van der Waals surface area contributed by atoms with Gasteiger partial charge < -0.3 is 4.98 Å². The van der Waals surface area contributed by atoms with Gasteiger partial charge in [-0.05, 0) is 29.8 Å². The van der Waals surface area contributed by atoms with Crippen molar-refractivity contribution in [1.29, 1.82) is 0 Å². The van der Waals surface area contributed by atoms with Gasteiger partial charge in [0.2, 0.25) is 0 Å². The Hall–Kier alpha value is -2.75. The maximum Gasteiger partial charge on any atom is 0.260 e. The van der Waals surface area contributed by atoms with Crippen molar-refractivity contribution < 1.29 is 0 Å². The maximum absolute atomic E-state index is 12.8. The number of thioether (sulfide) groups is 1. The van der Waals surface area contributed by atoms with Gasteiger partial charge in [-0.25, -0.2) is 4.98 Å². The smallest absolute Gasteiger partial charge is 0.260 e.